The first-order valence-corrected chi connectivity index (χ1v) is 7.58. The van der Waals surface area contributed by atoms with E-state index < -0.39 is 10.0 Å². The van der Waals surface area contributed by atoms with E-state index in [1.807, 2.05) is 13.8 Å². The number of sulfonamides is 1. The summed E-state index contributed by atoms with van der Waals surface area (Å²) >= 11 is 3.22. The summed E-state index contributed by atoms with van der Waals surface area (Å²) in [6.07, 6.45) is 1.54. The largest absolute Gasteiger partial charge is 0.378 e. The third-order valence-electron chi connectivity index (χ3n) is 1.81. The molecule has 1 N–H and O–H groups in total. The van der Waals surface area contributed by atoms with E-state index in [2.05, 4.69) is 25.6 Å². The number of hydrogen-bond acceptors (Lipinski definition) is 4. The maximum atomic E-state index is 11.7. The Labute approximate surface area is 110 Å². The second kappa shape index (κ2) is 6.32. The fraction of sp³-hybridized carbons (Fsp3) is 0.500. The normalized spacial score (nSPS) is 11.8. The molecule has 1 rings (SSSR count). The van der Waals surface area contributed by atoms with Gasteiger partial charge in [0.15, 0.2) is 5.82 Å². The summed E-state index contributed by atoms with van der Waals surface area (Å²) < 4.78 is 31.6. The van der Waals surface area contributed by atoms with Crippen LogP contribution < -0.4 is 4.72 Å². The summed E-state index contributed by atoms with van der Waals surface area (Å²) in [6.45, 7) is 3.88. The van der Waals surface area contributed by atoms with Gasteiger partial charge < -0.3 is 4.74 Å². The molecule has 0 saturated heterocycles. The fourth-order valence-electron chi connectivity index (χ4n) is 1.05. The van der Waals surface area contributed by atoms with Crippen LogP contribution in [0.15, 0.2) is 22.8 Å². The number of nitrogens with one attached hydrogen (secondary N) is 1. The number of anilines is 1. The van der Waals surface area contributed by atoms with Crippen LogP contribution in [-0.4, -0.2) is 31.9 Å². The predicted octanol–water partition coefficient (Wildman–Crippen LogP) is 2.01. The SMILES string of the molecule is CC(C)OCCS(=O)(=O)Nc1ncccc1Br. The minimum atomic E-state index is -3.42. The van der Waals surface area contributed by atoms with Gasteiger partial charge in [-0.3, -0.25) is 4.72 Å². The smallest absolute Gasteiger partial charge is 0.236 e. The Kier molecular flexibility index (Phi) is 5.35. The Bertz CT molecular complexity index is 462. The molecule has 0 aliphatic rings. The summed E-state index contributed by atoms with van der Waals surface area (Å²) in [7, 11) is -3.42. The molecule has 0 aromatic carbocycles. The van der Waals surface area contributed by atoms with Crippen LogP contribution in [0.2, 0.25) is 0 Å². The molecule has 1 heterocycles. The molecule has 0 bridgehead atoms. The molecule has 1 aromatic rings. The second-order valence-corrected chi connectivity index (χ2v) is 6.37. The molecule has 0 amide bonds. The zero-order chi connectivity index (χ0) is 12.9. The van der Waals surface area contributed by atoms with Gasteiger partial charge in [-0.05, 0) is 41.9 Å². The van der Waals surface area contributed by atoms with Crippen molar-refractivity contribution in [3.63, 3.8) is 0 Å². The quantitative estimate of drug-likeness (QED) is 0.869. The number of pyridine rings is 1. The Hall–Kier alpha value is -0.660. The lowest BCUT2D eigenvalue weighted by molar-refractivity contribution is 0.0913. The third kappa shape index (κ3) is 5.47. The van der Waals surface area contributed by atoms with Crippen molar-refractivity contribution in [2.75, 3.05) is 17.1 Å². The first-order chi connectivity index (χ1) is 7.91. The van der Waals surface area contributed by atoms with Gasteiger partial charge in [-0.1, -0.05) is 0 Å². The molecule has 0 aliphatic heterocycles. The summed E-state index contributed by atoms with van der Waals surface area (Å²) in [5.74, 6) is 0.200. The zero-order valence-corrected chi connectivity index (χ0v) is 12.1. The molecule has 0 fully saturated rings. The van der Waals surface area contributed by atoms with Gasteiger partial charge in [0.2, 0.25) is 10.0 Å². The molecular formula is C10H15BrN2O3S. The fourth-order valence-corrected chi connectivity index (χ4v) is 2.41. The van der Waals surface area contributed by atoms with Crippen LogP contribution >= 0.6 is 15.9 Å². The van der Waals surface area contributed by atoms with Crippen molar-refractivity contribution >= 4 is 31.8 Å². The van der Waals surface area contributed by atoms with Crippen molar-refractivity contribution < 1.29 is 13.2 Å². The number of ether oxygens (including phenoxy) is 1. The lowest BCUT2D eigenvalue weighted by atomic mass is 10.5. The molecule has 0 saturated carbocycles. The first kappa shape index (κ1) is 14.4. The molecule has 17 heavy (non-hydrogen) atoms. The van der Waals surface area contributed by atoms with E-state index in [0.29, 0.717) is 4.47 Å². The van der Waals surface area contributed by atoms with Crippen LogP contribution in [0.3, 0.4) is 0 Å². The molecule has 96 valence electrons. The zero-order valence-electron chi connectivity index (χ0n) is 9.68. The van der Waals surface area contributed by atoms with Crippen molar-refractivity contribution in [1.82, 2.24) is 4.98 Å². The average molecular weight is 323 g/mol. The predicted molar refractivity (Wildman–Crippen MR) is 70.4 cm³/mol. The lowest BCUT2D eigenvalue weighted by Crippen LogP contribution is -2.22. The Morgan fingerprint density at radius 3 is 2.82 bits per heavy atom. The van der Waals surface area contributed by atoms with Gasteiger partial charge in [-0.2, -0.15) is 0 Å². The van der Waals surface area contributed by atoms with E-state index >= 15 is 0 Å². The molecule has 0 spiro atoms. The van der Waals surface area contributed by atoms with Gasteiger partial charge in [0.1, 0.15) is 0 Å². The maximum Gasteiger partial charge on any atom is 0.236 e. The molecule has 1 aromatic heterocycles. The number of halogens is 1. The Balaban J connectivity index is 2.58. The van der Waals surface area contributed by atoms with Crippen LogP contribution in [0.5, 0.6) is 0 Å². The number of hydrogen-bond donors (Lipinski definition) is 1. The van der Waals surface area contributed by atoms with E-state index in [0.717, 1.165) is 0 Å². The molecule has 0 radical (unpaired) electrons. The van der Waals surface area contributed by atoms with Crippen molar-refractivity contribution in [3.8, 4) is 0 Å². The number of aromatic nitrogens is 1. The highest BCUT2D eigenvalue weighted by molar-refractivity contribution is 9.10. The van der Waals surface area contributed by atoms with E-state index in [4.69, 9.17) is 4.74 Å². The van der Waals surface area contributed by atoms with Gasteiger partial charge in [-0.15, -0.1) is 0 Å². The van der Waals surface area contributed by atoms with Crippen molar-refractivity contribution in [3.05, 3.63) is 22.8 Å². The van der Waals surface area contributed by atoms with E-state index in [9.17, 15) is 8.42 Å². The summed E-state index contributed by atoms with van der Waals surface area (Å²) in [5.41, 5.74) is 0. The summed E-state index contributed by atoms with van der Waals surface area (Å²) in [6, 6.07) is 3.43. The van der Waals surface area contributed by atoms with Crippen LogP contribution in [0.25, 0.3) is 0 Å². The van der Waals surface area contributed by atoms with Gasteiger partial charge in [-0.25, -0.2) is 13.4 Å². The topological polar surface area (TPSA) is 68.3 Å². The minimum absolute atomic E-state index is 0.0202. The van der Waals surface area contributed by atoms with Gasteiger partial charge in [0.25, 0.3) is 0 Å². The van der Waals surface area contributed by atoms with E-state index in [1.165, 1.54) is 6.20 Å². The minimum Gasteiger partial charge on any atom is -0.378 e. The van der Waals surface area contributed by atoms with Crippen LogP contribution in [-0.2, 0) is 14.8 Å². The van der Waals surface area contributed by atoms with Gasteiger partial charge in [0, 0.05) is 6.20 Å². The third-order valence-corrected chi connectivity index (χ3v) is 3.66. The summed E-state index contributed by atoms with van der Waals surface area (Å²) in [5, 5.41) is 0. The van der Waals surface area contributed by atoms with E-state index in [1.54, 1.807) is 12.1 Å². The standard InChI is InChI=1S/C10H15BrN2O3S/c1-8(2)16-6-7-17(14,15)13-10-9(11)4-3-5-12-10/h3-5,8H,6-7H2,1-2H3,(H,12,13). The lowest BCUT2D eigenvalue weighted by Gasteiger charge is -2.10. The maximum absolute atomic E-state index is 11.7. The number of nitrogens with zero attached hydrogens (tertiary/aromatic N) is 1. The second-order valence-electron chi connectivity index (χ2n) is 3.67. The highest BCUT2D eigenvalue weighted by Crippen LogP contribution is 2.19. The van der Waals surface area contributed by atoms with Crippen molar-refractivity contribution in [2.45, 2.75) is 20.0 Å². The van der Waals surface area contributed by atoms with Crippen molar-refractivity contribution in [2.24, 2.45) is 0 Å². The molecule has 7 heteroatoms. The molecule has 0 aliphatic carbocycles. The average Bonchev–Trinajstić information content (AvgIpc) is 2.20. The first-order valence-electron chi connectivity index (χ1n) is 5.13. The van der Waals surface area contributed by atoms with Gasteiger partial charge in [0.05, 0.1) is 22.9 Å². The van der Waals surface area contributed by atoms with Crippen LogP contribution in [0.1, 0.15) is 13.8 Å². The molecule has 0 unspecified atom stereocenters. The molecule has 0 atom stereocenters. The summed E-state index contributed by atoms with van der Waals surface area (Å²) in [4.78, 5) is 3.93. The Morgan fingerprint density at radius 1 is 1.53 bits per heavy atom. The molecular weight excluding hydrogens is 308 g/mol. The molecule has 5 nitrogen and oxygen atoms in total. The van der Waals surface area contributed by atoms with Crippen molar-refractivity contribution in [1.29, 1.82) is 0 Å². The van der Waals surface area contributed by atoms with E-state index in [-0.39, 0.29) is 24.3 Å². The highest BCUT2D eigenvalue weighted by Gasteiger charge is 2.13. The highest BCUT2D eigenvalue weighted by atomic mass is 79.9. The van der Waals surface area contributed by atoms with Crippen LogP contribution in [0, 0.1) is 0 Å². The van der Waals surface area contributed by atoms with Crippen LogP contribution in [0.4, 0.5) is 5.82 Å². The monoisotopic (exact) mass is 322 g/mol. The van der Waals surface area contributed by atoms with Gasteiger partial charge >= 0.3 is 0 Å². The number of rotatable bonds is 6. The Morgan fingerprint density at radius 2 is 2.24 bits per heavy atom.